The highest BCUT2D eigenvalue weighted by Gasteiger charge is 2.26. The molecule has 0 bridgehead atoms. The standard InChI is InChI=1S/C13H21N2/c1-12-5-7-13(8-6-12)11-15(14)9-3-2-4-10-15/h5-8H,2-4,9-11,14H2,1H3/q+1. The Labute approximate surface area is 92.3 Å². The highest BCUT2D eigenvalue weighted by molar-refractivity contribution is 5.20. The van der Waals surface area contributed by atoms with Gasteiger partial charge in [0.15, 0.2) is 0 Å². The second kappa shape index (κ2) is 4.33. The van der Waals surface area contributed by atoms with Gasteiger partial charge in [-0.1, -0.05) is 29.8 Å². The highest BCUT2D eigenvalue weighted by Crippen LogP contribution is 2.18. The van der Waals surface area contributed by atoms with Gasteiger partial charge in [0.05, 0.1) is 13.1 Å². The van der Waals surface area contributed by atoms with Gasteiger partial charge in [0.1, 0.15) is 6.54 Å². The molecule has 1 aromatic rings. The summed E-state index contributed by atoms with van der Waals surface area (Å²) in [6.07, 6.45) is 3.91. The van der Waals surface area contributed by atoms with Gasteiger partial charge in [0.2, 0.25) is 0 Å². The van der Waals surface area contributed by atoms with E-state index in [1.54, 1.807) is 0 Å². The Morgan fingerprint density at radius 2 is 1.67 bits per heavy atom. The molecule has 0 aliphatic carbocycles. The highest BCUT2D eigenvalue weighted by atomic mass is 15.6. The number of quaternary nitrogens is 1. The first-order valence-electron chi connectivity index (χ1n) is 5.88. The summed E-state index contributed by atoms with van der Waals surface area (Å²) in [6.45, 7) is 5.37. The van der Waals surface area contributed by atoms with Gasteiger partial charge in [-0.25, -0.2) is 4.59 Å². The van der Waals surface area contributed by atoms with E-state index >= 15 is 0 Å². The van der Waals surface area contributed by atoms with Crippen LogP contribution in [0.15, 0.2) is 24.3 Å². The lowest BCUT2D eigenvalue weighted by Gasteiger charge is -2.36. The van der Waals surface area contributed by atoms with Crippen LogP contribution in [0.2, 0.25) is 0 Å². The lowest BCUT2D eigenvalue weighted by atomic mass is 10.1. The van der Waals surface area contributed by atoms with Crippen molar-refractivity contribution in [2.45, 2.75) is 32.7 Å². The molecule has 1 heterocycles. The number of piperidine rings is 1. The number of likely N-dealkylation sites (tertiary alicyclic amines) is 1. The summed E-state index contributed by atoms with van der Waals surface area (Å²) in [4.78, 5) is 0. The van der Waals surface area contributed by atoms with Gasteiger partial charge in [0.25, 0.3) is 0 Å². The van der Waals surface area contributed by atoms with Crippen molar-refractivity contribution in [2.75, 3.05) is 13.1 Å². The van der Waals surface area contributed by atoms with Crippen LogP contribution in [0.4, 0.5) is 0 Å². The number of hydrogen-bond acceptors (Lipinski definition) is 1. The van der Waals surface area contributed by atoms with Crippen LogP contribution in [0, 0.1) is 6.92 Å². The van der Waals surface area contributed by atoms with Crippen LogP contribution < -0.4 is 5.84 Å². The molecule has 2 nitrogen and oxygen atoms in total. The zero-order valence-corrected chi connectivity index (χ0v) is 9.58. The van der Waals surface area contributed by atoms with E-state index in [9.17, 15) is 0 Å². The van der Waals surface area contributed by atoms with Crippen molar-refractivity contribution in [3.8, 4) is 0 Å². The molecule has 0 aromatic heterocycles. The van der Waals surface area contributed by atoms with Crippen molar-refractivity contribution in [3.63, 3.8) is 0 Å². The van der Waals surface area contributed by atoms with E-state index in [0.29, 0.717) is 0 Å². The Bertz CT molecular complexity index is 310. The third-order valence-electron chi connectivity index (χ3n) is 3.32. The van der Waals surface area contributed by atoms with Crippen LogP contribution >= 0.6 is 0 Å². The molecule has 2 rings (SSSR count). The van der Waals surface area contributed by atoms with Crippen molar-refractivity contribution in [1.82, 2.24) is 0 Å². The fraction of sp³-hybridized carbons (Fsp3) is 0.538. The molecule has 15 heavy (non-hydrogen) atoms. The molecule has 1 fully saturated rings. The normalized spacial score (nSPS) is 20.1. The van der Waals surface area contributed by atoms with Crippen LogP contribution in [0.1, 0.15) is 30.4 Å². The van der Waals surface area contributed by atoms with Crippen LogP contribution in [0.5, 0.6) is 0 Å². The van der Waals surface area contributed by atoms with Gasteiger partial charge in [0, 0.05) is 5.56 Å². The second-order valence-corrected chi connectivity index (χ2v) is 4.87. The monoisotopic (exact) mass is 205 g/mol. The van der Waals surface area contributed by atoms with Crippen LogP contribution in [-0.2, 0) is 6.54 Å². The smallest absolute Gasteiger partial charge is 0.122 e. The fourth-order valence-electron chi connectivity index (χ4n) is 2.36. The summed E-state index contributed by atoms with van der Waals surface area (Å²) in [5.74, 6) is 6.37. The first kappa shape index (κ1) is 10.7. The number of nitrogens with two attached hydrogens (primary N) is 1. The zero-order valence-electron chi connectivity index (χ0n) is 9.58. The molecule has 1 saturated heterocycles. The quantitative estimate of drug-likeness (QED) is 0.582. The number of nitrogens with zero attached hydrogens (tertiary/aromatic N) is 1. The summed E-state index contributed by atoms with van der Waals surface area (Å²) in [6, 6.07) is 8.75. The van der Waals surface area contributed by atoms with E-state index in [2.05, 4.69) is 31.2 Å². The predicted octanol–water partition coefficient (Wildman–Crippen LogP) is 2.37. The minimum absolute atomic E-state index is 0.739. The fourth-order valence-corrected chi connectivity index (χ4v) is 2.36. The largest absolute Gasteiger partial charge is 0.244 e. The Balaban J connectivity index is 2.03. The number of aryl methyl sites for hydroxylation is 1. The summed E-state index contributed by atoms with van der Waals surface area (Å²) in [5, 5.41) is 0. The number of benzene rings is 1. The molecule has 0 saturated carbocycles. The molecule has 0 amide bonds. The Kier molecular flexibility index (Phi) is 3.08. The maximum absolute atomic E-state index is 6.37. The van der Waals surface area contributed by atoms with E-state index in [-0.39, 0.29) is 0 Å². The van der Waals surface area contributed by atoms with Gasteiger partial charge in [-0.3, -0.25) is 0 Å². The van der Waals surface area contributed by atoms with E-state index in [4.69, 9.17) is 5.84 Å². The molecule has 1 aliphatic rings. The maximum atomic E-state index is 6.37. The minimum Gasteiger partial charge on any atom is -0.244 e. The van der Waals surface area contributed by atoms with E-state index < -0.39 is 0 Å². The molecule has 0 radical (unpaired) electrons. The van der Waals surface area contributed by atoms with Gasteiger partial charge in [-0.2, -0.15) is 5.84 Å². The molecular formula is C13H21N2+. The summed E-state index contributed by atoms with van der Waals surface area (Å²) >= 11 is 0. The number of hydrogen-bond donors (Lipinski definition) is 1. The average Bonchev–Trinajstić information content (AvgIpc) is 2.22. The average molecular weight is 205 g/mol. The predicted molar refractivity (Wildman–Crippen MR) is 62.9 cm³/mol. The van der Waals surface area contributed by atoms with Gasteiger partial charge < -0.3 is 0 Å². The van der Waals surface area contributed by atoms with Crippen molar-refractivity contribution in [2.24, 2.45) is 5.84 Å². The topological polar surface area (TPSA) is 26.0 Å². The summed E-state index contributed by atoms with van der Waals surface area (Å²) < 4.78 is 0.739. The van der Waals surface area contributed by atoms with Crippen molar-refractivity contribution < 1.29 is 4.59 Å². The van der Waals surface area contributed by atoms with Crippen molar-refractivity contribution in [1.29, 1.82) is 0 Å². The summed E-state index contributed by atoms with van der Waals surface area (Å²) in [7, 11) is 0. The van der Waals surface area contributed by atoms with Crippen molar-refractivity contribution >= 4 is 0 Å². The second-order valence-electron chi connectivity index (χ2n) is 4.87. The van der Waals surface area contributed by atoms with Gasteiger partial charge in [-0.15, -0.1) is 0 Å². The zero-order chi connectivity index (χ0) is 10.7. The van der Waals surface area contributed by atoms with E-state index in [0.717, 1.165) is 24.2 Å². The Hall–Kier alpha value is -0.860. The molecule has 2 heteroatoms. The van der Waals surface area contributed by atoms with E-state index in [1.807, 2.05) is 0 Å². The lowest BCUT2D eigenvalue weighted by molar-refractivity contribution is -0.956. The first-order chi connectivity index (χ1) is 7.18. The first-order valence-corrected chi connectivity index (χ1v) is 5.88. The van der Waals surface area contributed by atoms with Gasteiger partial charge >= 0.3 is 0 Å². The Morgan fingerprint density at radius 3 is 2.27 bits per heavy atom. The molecule has 0 spiro atoms. The molecule has 1 aliphatic heterocycles. The van der Waals surface area contributed by atoms with Crippen LogP contribution in [0.3, 0.4) is 0 Å². The maximum Gasteiger partial charge on any atom is 0.122 e. The third kappa shape index (κ3) is 2.80. The van der Waals surface area contributed by atoms with Crippen LogP contribution in [0.25, 0.3) is 0 Å². The SMILES string of the molecule is Cc1ccc(C[N+]2(N)CCCCC2)cc1. The molecule has 1 aromatic carbocycles. The molecule has 82 valence electrons. The lowest BCUT2D eigenvalue weighted by Crippen LogP contribution is -2.56. The molecular weight excluding hydrogens is 184 g/mol. The Morgan fingerprint density at radius 1 is 1.07 bits per heavy atom. The molecule has 2 N–H and O–H groups in total. The molecule has 0 unspecified atom stereocenters. The third-order valence-corrected chi connectivity index (χ3v) is 3.32. The van der Waals surface area contributed by atoms with Crippen molar-refractivity contribution in [3.05, 3.63) is 35.4 Å². The van der Waals surface area contributed by atoms with Gasteiger partial charge in [-0.05, 0) is 26.2 Å². The number of rotatable bonds is 2. The minimum atomic E-state index is 0.739. The van der Waals surface area contributed by atoms with Crippen LogP contribution in [-0.4, -0.2) is 17.7 Å². The molecule has 0 atom stereocenters. The van der Waals surface area contributed by atoms with E-state index in [1.165, 1.54) is 30.4 Å². The summed E-state index contributed by atoms with van der Waals surface area (Å²) in [5.41, 5.74) is 2.69.